The Hall–Kier alpha value is -3.08. The lowest BCUT2D eigenvalue weighted by atomic mass is 10.2. The lowest BCUT2D eigenvalue weighted by molar-refractivity contribution is -0.123. The van der Waals surface area contributed by atoms with Gasteiger partial charge < -0.3 is 8.92 Å². The van der Waals surface area contributed by atoms with E-state index in [-0.39, 0.29) is 28.7 Å². The molecule has 2 amide bonds. The molecule has 0 unspecified atom stereocenters. The van der Waals surface area contributed by atoms with E-state index in [0.29, 0.717) is 15.8 Å². The number of para-hydroxylation sites is 1. The van der Waals surface area contributed by atoms with Crippen LogP contribution < -0.4 is 8.92 Å². The molecule has 3 aromatic rings. The number of imide groups is 1. The summed E-state index contributed by atoms with van der Waals surface area (Å²) in [5.74, 6) is 0.192. The zero-order valence-corrected chi connectivity index (χ0v) is 21.7. The second-order valence-electron chi connectivity index (χ2n) is 7.53. The van der Waals surface area contributed by atoms with Gasteiger partial charge in [-0.15, -0.1) is 0 Å². The first-order valence-corrected chi connectivity index (χ1v) is 13.5. The van der Waals surface area contributed by atoms with Gasteiger partial charge in [-0.05, 0) is 67.2 Å². The van der Waals surface area contributed by atoms with Crippen LogP contribution >= 0.6 is 27.7 Å². The van der Waals surface area contributed by atoms with Crippen LogP contribution in [-0.4, -0.2) is 37.6 Å². The number of aryl methyl sites for hydroxylation is 1. The number of ether oxygens (including phenoxy) is 1. The maximum atomic E-state index is 12.9. The fourth-order valence-electron chi connectivity index (χ4n) is 3.18. The quantitative estimate of drug-likeness (QED) is 0.254. The van der Waals surface area contributed by atoms with Gasteiger partial charge in [-0.1, -0.05) is 51.8 Å². The lowest BCUT2D eigenvalue weighted by Crippen LogP contribution is -2.32. The van der Waals surface area contributed by atoms with Crippen molar-refractivity contribution in [3.8, 4) is 11.5 Å². The molecule has 1 aliphatic rings. The Labute approximate surface area is 216 Å². The Bertz CT molecular complexity index is 1390. The monoisotopic (exact) mass is 573 g/mol. The van der Waals surface area contributed by atoms with Crippen molar-refractivity contribution in [1.29, 1.82) is 0 Å². The van der Waals surface area contributed by atoms with Crippen LogP contribution in [0, 0.1) is 6.92 Å². The molecule has 1 heterocycles. The third-order valence-electron chi connectivity index (χ3n) is 4.97. The fraction of sp³-hybridized carbons (Fsp3) is 0.120. The van der Waals surface area contributed by atoms with E-state index < -0.39 is 21.3 Å². The molecule has 0 N–H and O–H groups in total. The first-order chi connectivity index (χ1) is 16.7. The van der Waals surface area contributed by atoms with E-state index in [9.17, 15) is 18.0 Å². The highest BCUT2D eigenvalue weighted by molar-refractivity contribution is 9.10. The van der Waals surface area contributed by atoms with Gasteiger partial charge >= 0.3 is 10.1 Å². The van der Waals surface area contributed by atoms with Gasteiger partial charge in [0, 0.05) is 10.0 Å². The Morgan fingerprint density at radius 1 is 1.00 bits per heavy atom. The smallest absolute Gasteiger partial charge is 0.339 e. The number of rotatable bonds is 8. The van der Waals surface area contributed by atoms with Gasteiger partial charge in [0.15, 0.2) is 0 Å². The van der Waals surface area contributed by atoms with Gasteiger partial charge in [0.05, 0.1) is 11.4 Å². The fourth-order valence-corrected chi connectivity index (χ4v) is 5.37. The SMILES string of the molecule is Cc1ccc(S(=O)(=O)Oc2ccc(Br)cc2/C=C2\SC(=O)N(CCOc3ccccc3)C2=O)cc1. The maximum absolute atomic E-state index is 12.9. The molecule has 35 heavy (non-hydrogen) atoms. The van der Waals surface area contributed by atoms with Gasteiger partial charge in [-0.3, -0.25) is 14.5 Å². The summed E-state index contributed by atoms with van der Waals surface area (Å²) < 4.78 is 37.2. The standard InChI is InChI=1S/C25H20BrNO6S2/c1-17-7-10-21(11-8-17)35(30,31)33-22-12-9-19(26)15-18(22)16-23-24(28)27(25(29)34-23)13-14-32-20-5-3-2-4-6-20/h2-12,15-16H,13-14H2,1H3/b23-16-. The molecule has 3 aromatic carbocycles. The topological polar surface area (TPSA) is 90.0 Å². The van der Waals surface area contributed by atoms with E-state index in [0.717, 1.165) is 22.2 Å². The van der Waals surface area contributed by atoms with Crippen LogP contribution in [0.15, 0.2) is 87.1 Å². The van der Waals surface area contributed by atoms with Gasteiger partial charge in [-0.2, -0.15) is 8.42 Å². The van der Waals surface area contributed by atoms with Crippen LogP contribution in [0.4, 0.5) is 4.79 Å². The van der Waals surface area contributed by atoms with Gasteiger partial charge in [-0.25, -0.2) is 0 Å². The van der Waals surface area contributed by atoms with E-state index in [4.69, 9.17) is 8.92 Å². The summed E-state index contributed by atoms with van der Waals surface area (Å²) in [7, 11) is -4.10. The number of carbonyl (C=O) groups excluding carboxylic acids is 2. The molecule has 1 saturated heterocycles. The van der Waals surface area contributed by atoms with Crippen molar-refractivity contribution in [2.75, 3.05) is 13.2 Å². The van der Waals surface area contributed by atoms with Crippen LogP contribution in [0.5, 0.6) is 11.5 Å². The highest BCUT2D eigenvalue weighted by Gasteiger charge is 2.35. The van der Waals surface area contributed by atoms with Crippen LogP contribution in [0.3, 0.4) is 0 Å². The van der Waals surface area contributed by atoms with Gasteiger partial charge in [0.25, 0.3) is 11.1 Å². The first kappa shape index (κ1) is 25.0. The zero-order valence-electron chi connectivity index (χ0n) is 18.5. The number of thioether (sulfide) groups is 1. The molecule has 1 fully saturated rings. The Morgan fingerprint density at radius 2 is 1.71 bits per heavy atom. The molecular formula is C25H20BrNO6S2. The number of nitrogens with zero attached hydrogens (tertiary/aromatic N) is 1. The Balaban J connectivity index is 1.53. The van der Waals surface area contributed by atoms with Crippen molar-refractivity contribution in [3.63, 3.8) is 0 Å². The van der Waals surface area contributed by atoms with Crippen LogP contribution in [0.1, 0.15) is 11.1 Å². The molecule has 180 valence electrons. The number of benzene rings is 3. The molecule has 7 nitrogen and oxygen atoms in total. The molecule has 0 saturated carbocycles. The van der Waals surface area contributed by atoms with E-state index in [1.807, 2.05) is 25.1 Å². The predicted molar refractivity (Wildman–Crippen MR) is 138 cm³/mol. The number of halogens is 1. The van der Waals surface area contributed by atoms with E-state index in [2.05, 4.69) is 15.9 Å². The van der Waals surface area contributed by atoms with Crippen molar-refractivity contribution < 1.29 is 26.9 Å². The minimum Gasteiger partial charge on any atom is -0.492 e. The third kappa shape index (κ3) is 6.14. The normalized spacial score (nSPS) is 15.0. The average molecular weight is 574 g/mol. The third-order valence-corrected chi connectivity index (χ3v) is 7.62. The molecule has 10 heteroatoms. The number of amides is 2. The minimum absolute atomic E-state index is 0.00992. The molecule has 4 rings (SSSR count). The second kappa shape index (κ2) is 10.7. The van der Waals surface area contributed by atoms with Crippen LogP contribution in [0.2, 0.25) is 0 Å². The number of hydrogen-bond acceptors (Lipinski definition) is 7. The highest BCUT2D eigenvalue weighted by Crippen LogP contribution is 2.35. The Morgan fingerprint density at radius 3 is 2.43 bits per heavy atom. The molecule has 0 bridgehead atoms. The molecule has 0 radical (unpaired) electrons. The highest BCUT2D eigenvalue weighted by atomic mass is 79.9. The molecule has 0 spiro atoms. The van der Waals surface area contributed by atoms with Crippen molar-refractivity contribution in [3.05, 3.63) is 93.3 Å². The molecule has 0 aromatic heterocycles. The van der Waals surface area contributed by atoms with Crippen molar-refractivity contribution in [2.24, 2.45) is 0 Å². The number of carbonyl (C=O) groups is 2. The van der Waals surface area contributed by atoms with Crippen LogP contribution in [-0.2, 0) is 14.9 Å². The van der Waals surface area contributed by atoms with Crippen molar-refractivity contribution in [1.82, 2.24) is 4.90 Å². The minimum atomic E-state index is -4.10. The van der Waals surface area contributed by atoms with Crippen LogP contribution in [0.25, 0.3) is 6.08 Å². The van der Waals surface area contributed by atoms with Crippen molar-refractivity contribution >= 4 is 55.0 Å². The Kier molecular flexibility index (Phi) is 7.63. The van der Waals surface area contributed by atoms with E-state index in [1.54, 1.807) is 36.4 Å². The zero-order chi connectivity index (χ0) is 25.0. The van der Waals surface area contributed by atoms with Gasteiger partial charge in [0.2, 0.25) is 0 Å². The second-order valence-corrected chi connectivity index (χ2v) is 11.0. The molecular weight excluding hydrogens is 554 g/mol. The summed E-state index contributed by atoms with van der Waals surface area (Å²) >= 11 is 4.13. The summed E-state index contributed by atoms with van der Waals surface area (Å²) in [5, 5.41) is -0.428. The summed E-state index contributed by atoms with van der Waals surface area (Å²) in [6.07, 6.45) is 1.45. The summed E-state index contributed by atoms with van der Waals surface area (Å²) in [6.45, 7) is 2.08. The maximum Gasteiger partial charge on any atom is 0.339 e. The van der Waals surface area contributed by atoms with Crippen molar-refractivity contribution in [2.45, 2.75) is 11.8 Å². The summed E-state index contributed by atoms with van der Waals surface area (Å²) in [5.41, 5.74) is 1.25. The van der Waals surface area contributed by atoms with E-state index >= 15 is 0 Å². The summed E-state index contributed by atoms with van der Waals surface area (Å²) in [4.78, 5) is 26.6. The van der Waals surface area contributed by atoms with E-state index in [1.165, 1.54) is 24.3 Å². The average Bonchev–Trinajstić information content (AvgIpc) is 3.09. The summed E-state index contributed by atoms with van der Waals surface area (Å²) in [6, 6.07) is 20.1. The molecule has 1 aliphatic heterocycles. The van der Waals surface area contributed by atoms with Gasteiger partial charge in [0.1, 0.15) is 23.0 Å². The molecule has 0 atom stereocenters. The predicted octanol–water partition coefficient (Wildman–Crippen LogP) is 5.64. The largest absolute Gasteiger partial charge is 0.492 e. The molecule has 0 aliphatic carbocycles. The first-order valence-electron chi connectivity index (χ1n) is 10.5. The lowest BCUT2D eigenvalue weighted by Gasteiger charge is -2.13. The number of hydrogen-bond donors (Lipinski definition) is 0.